The molecule has 0 bridgehead atoms. The van der Waals surface area contributed by atoms with Gasteiger partial charge in [0.05, 0.1) is 23.2 Å². The predicted molar refractivity (Wildman–Crippen MR) is 231 cm³/mol. The van der Waals surface area contributed by atoms with E-state index in [-0.39, 0.29) is 48.8 Å². The van der Waals surface area contributed by atoms with Crippen LogP contribution in [0.15, 0.2) is 83.8 Å². The Morgan fingerprint density at radius 1 is 0.750 bits per heavy atom. The molecule has 0 saturated carbocycles. The van der Waals surface area contributed by atoms with Crippen LogP contribution in [0.25, 0.3) is 21.9 Å². The number of aromatic nitrogens is 3. The lowest BCUT2D eigenvalue weighted by molar-refractivity contribution is -0.274. The lowest BCUT2D eigenvalue weighted by atomic mass is 9.95. The Hall–Kier alpha value is -6.20. The number of carbonyl (C=O) groups excluding carboxylic acids is 3. The van der Waals surface area contributed by atoms with Crippen molar-refractivity contribution in [2.75, 3.05) is 78.5 Å². The summed E-state index contributed by atoms with van der Waals surface area (Å²) in [6.45, 7) is 8.00. The van der Waals surface area contributed by atoms with E-state index in [2.05, 4.69) is 29.7 Å². The molecule has 0 aliphatic carbocycles. The molecule has 3 saturated heterocycles. The summed E-state index contributed by atoms with van der Waals surface area (Å²) in [4.78, 5) is 66.2. The minimum atomic E-state index is -4.99. The number of amides is 3. The first kappa shape index (κ1) is 44.4. The molecular weight excluding hydrogens is 833 g/mol. The van der Waals surface area contributed by atoms with Gasteiger partial charge in [0.15, 0.2) is 11.4 Å². The maximum Gasteiger partial charge on any atom is 0.573 e. The van der Waals surface area contributed by atoms with Crippen molar-refractivity contribution < 1.29 is 36.7 Å². The number of benzene rings is 3. The Labute approximate surface area is 367 Å². The third kappa shape index (κ3) is 10.4. The predicted octanol–water partition coefficient (Wildman–Crippen LogP) is 5.63. The van der Waals surface area contributed by atoms with Crippen LogP contribution in [0.5, 0.6) is 5.75 Å². The number of aryl methyl sites for hydroxylation is 1. The average Bonchev–Trinajstić information content (AvgIpc) is 3.30. The molecule has 3 fully saturated rings. The zero-order valence-electron chi connectivity index (χ0n) is 35.6. The number of pyridine rings is 1. The van der Waals surface area contributed by atoms with Gasteiger partial charge in [-0.3, -0.25) is 24.1 Å². The van der Waals surface area contributed by atoms with Crippen molar-refractivity contribution in [3.63, 3.8) is 0 Å². The van der Waals surface area contributed by atoms with Crippen molar-refractivity contribution in [2.45, 2.75) is 39.0 Å². The molecule has 13 nitrogen and oxygen atoms in total. The number of fused-ring (bicyclic) bond motifs is 1. The number of rotatable bonds is 11. The summed E-state index contributed by atoms with van der Waals surface area (Å²) in [7, 11) is 0. The van der Waals surface area contributed by atoms with E-state index in [1.807, 2.05) is 31.2 Å². The van der Waals surface area contributed by atoms with Gasteiger partial charge in [-0.05, 0) is 66.1 Å². The van der Waals surface area contributed by atoms with E-state index in [9.17, 15) is 32.3 Å². The lowest BCUT2D eigenvalue weighted by Gasteiger charge is -2.40. The van der Waals surface area contributed by atoms with Crippen LogP contribution in [0, 0.1) is 11.7 Å². The normalized spacial score (nSPS) is 16.9. The molecule has 17 heteroatoms. The molecule has 3 amide bonds. The molecule has 0 radical (unpaired) electrons. The van der Waals surface area contributed by atoms with Crippen LogP contribution in [0.4, 0.5) is 17.6 Å². The van der Waals surface area contributed by atoms with Gasteiger partial charge in [0.1, 0.15) is 5.82 Å². The fraction of sp³-hybridized carbons (Fsp3) is 0.404. The van der Waals surface area contributed by atoms with Gasteiger partial charge in [0.25, 0.3) is 17.4 Å². The van der Waals surface area contributed by atoms with Crippen molar-refractivity contribution in [2.24, 2.45) is 5.92 Å². The number of ether oxygens (including phenoxy) is 1. The molecule has 1 N–H and O–H groups in total. The first-order valence-electron chi connectivity index (χ1n) is 21.7. The van der Waals surface area contributed by atoms with Gasteiger partial charge < -0.3 is 24.3 Å². The summed E-state index contributed by atoms with van der Waals surface area (Å²) < 4.78 is 59.8. The number of nitrogens with one attached hydrogen (secondary N) is 1. The number of hydrogen-bond donors (Lipinski definition) is 1. The minimum absolute atomic E-state index is 0.0231. The summed E-state index contributed by atoms with van der Waals surface area (Å²) in [5.74, 6) is -2.01. The third-order valence-electron chi connectivity index (χ3n) is 12.5. The fourth-order valence-corrected chi connectivity index (χ4v) is 8.87. The monoisotopic (exact) mass is 882 g/mol. The van der Waals surface area contributed by atoms with Crippen LogP contribution in [-0.4, -0.2) is 142 Å². The topological polar surface area (TPSA) is 135 Å². The Balaban J connectivity index is 0.775. The van der Waals surface area contributed by atoms with Crippen molar-refractivity contribution in [1.82, 2.24) is 39.7 Å². The van der Waals surface area contributed by atoms with Crippen molar-refractivity contribution >= 4 is 28.5 Å². The zero-order chi connectivity index (χ0) is 45.0. The fourth-order valence-electron chi connectivity index (χ4n) is 8.87. The van der Waals surface area contributed by atoms with E-state index in [4.69, 9.17) is 0 Å². The molecule has 8 rings (SSSR count). The molecule has 0 unspecified atom stereocenters. The summed E-state index contributed by atoms with van der Waals surface area (Å²) >= 11 is 0. The van der Waals surface area contributed by atoms with Crippen molar-refractivity contribution in [3.8, 4) is 16.9 Å². The number of aromatic amines is 1. The summed E-state index contributed by atoms with van der Waals surface area (Å²) in [6, 6.07) is 20.1. The largest absolute Gasteiger partial charge is 0.573 e. The molecule has 3 aliphatic heterocycles. The Morgan fingerprint density at radius 2 is 1.44 bits per heavy atom. The highest BCUT2D eigenvalue weighted by Crippen LogP contribution is 2.32. The number of alkyl halides is 3. The molecule has 64 heavy (non-hydrogen) atoms. The highest BCUT2D eigenvalue weighted by Gasteiger charge is 2.36. The van der Waals surface area contributed by atoms with Gasteiger partial charge in [-0.1, -0.05) is 55.5 Å². The SMILES string of the molecule is CCc1cccc(-c2cnc(C(=O)N3CCC(CN4CCN(CC(=O)N5CCN(C(=O)c6cc(Cc7n[nH]c(=O)c8ccccc78)ccc6F)CC5)CC4)CC3)c(OC(F)(F)F)c2)c1. The van der Waals surface area contributed by atoms with Crippen LogP contribution in [0.1, 0.15) is 57.4 Å². The first-order valence-corrected chi connectivity index (χ1v) is 21.7. The molecule has 2 aromatic heterocycles. The molecule has 3 aromatic carbocycles. The Morgan fingerprint density at radius 3 is 2.16 bits per heavy atom. The quantitative estimate of drug-likeness (QED) is 0.168. The average molecular weight is 883 g/mol. The zero-order valence-corrected chi connectivity index (χ0v) is 35.6. The van der Waals surface area contributed by atoms with Crippen LogP contribution >= 0.6 is 0 Å². The Bertz CT molecular complexity index is 2560. The molecule has 0 spiro atoms. The van der Waals surface area contributed by atoms with Crippen molar-refractivity contribution in [3.05, 3.63) is 123 Å². The summed E-state index contributed by atoms with van der Waals surface area (Å²) in [5, 5.41) is 7.90. The van der Waals surface area contributed by atoms with Gasteiger partial charge in [-0.15, -0.1) is 13.2 Å². The number of halogens is 4. The van der Waals surface area contributed by atoms with Crippen LogP contribution in [0.3, 0.4) is 0 Å². The van der Waals surface area contributed by atoms with E-state index >= 15 is 4.39 Å². The Kier molecular flexibility index (Phi) is 13.4. The molecule has 0 atom stereocenters. The highest BCUT2D eigenvalue weighted by atomic mass is 19.4. The standard InChI is InChI=1S/C47H50F4N8O5/c1-2-31-6-5-7-34(24-31)35-27-41(64-47(49,50)51)43(52-28-35)46(63)58-14-12-32(13-15-58)29-55-16-18-56(19-17-55)30-42(60)57-20-22-59(23-21-57)45(62)38-25-33(10-11-39(38)48)26-40-36-8-3-4-9-37(36)44(61)54-53-40/h3-11,24-25,27-28,32H,2,12-23,26,29-30H2,1H3,(H,54,61). The van der Waals surface area contributed by atoms with E-state index < -0.39 is 29.7 Å². The number of H-pyrrole nitrogens is 1. The number of hydrogen-bond acceptors (Lipinski definition) is 9. The number of carbonyl (C=O) groups is 3. The van der Waals surface area contributed by atoms with E-state index in [0.29, 0.717) is 91.2 Å². The highest BCUT2D eigenvalue weighted by molar-refractivity contribution is 5.96. The van der Waals surface area contributed by atoms with E-state index in [0.717, 1.165) is 31.6 Å². The second kappa shape index (κ2) is 19.3. The van der Waals surface area contributed by atoms with Gasteiger partial charge >= 0.3 is 6.36 Å². The maximum absolute atomic E-state index is 15.0. The van der Waals surface area contributed by atoms with Gasteiger partial charge in [0, 0.05) is 95.6 Å². The molecule has 336 valence electrons. The van der Waals surface area contributed by atoms with Crippen LogP contribution < -0.4 is 10.3 Å². The smallest absolute Gasteiger partial charge is 0.403 e. The number of nitrogens with zero attached hydrogens (tertiary/aromatic N) is 7. The third-order valence-corrected chi connectivity index (χ3v) is 12.5. The lowest BCUT2D eigenvalue weighted by Crippen LogP contribution is -2.55. The number of likely N-dealkylation sites (tertiary alicyclic amines) is 1. The van der Waals surface area contributed by atoms with E-state index in [1.54, 1.807) is 45.0 Å². The van der Waals surface area contributed by atoms with Gasteiger partial charge in [-0.2, -0.15) is 5.10 Å². The molecular formula is C47H50F4N8O5. The van der Waals surface area contributed by atoms with Crippen molar-refractivity contribution in [1.29, 1.82) is 0 Å². The van der Waals surface area contributed by atoms with Crippen LogP contribution in [0.2, 0.25) is 0 Å². The second-order valence-electron chi connectivity index (χ2n) is 16.7. The molecule has 5 aromatic rings. The van der Waals surface area contributed by atoms with Gasteiger partial charge in [0.2, 0.25) is 5.91 Å². The molecule has 3 aliphatic rings. The van der Waals surface area contributed by atoms with Crippen LogP contribution in [-0.2, 0) is 17.6 Å². The minimum Gasteiger partial charge on any atom is -0.403 e. The number of piperidine rings is 1. The number of piperazine rings is 2. The summed E-state index contributed by atoms with van der Waals surface area (Å²) in [5.41, 5.74) is 2.69. The summed E-state index contributed by atoms with van der Waals surface area (Å²) in [6.07, 6.45) is -1.14. The van der Waals surface area contributed by atoms with Gasteiger partial charge in [-0.25, -0.2) is 14.5 Å². The molecule has 5 heterocycles. The maximum atomic E-state index is 15.0. The second-order valence-corrected chi connectivity index (χ2v) is 16.7. The van der Waals surface area contributed by atoms with E-state index in [1.165, 1.54) is 24.4 Å². The first-order chi connectivity index (χ1) is 30.8.